The molecule has 0 aliphatic carbocycles. The van der Waals surface area contributed by atoms with Gasteiger partial charge >= 0.3 is 5.00 Å². The van der Waals surface area contributed by atoms with E-state index in [9.17, 15) is 23.3 Å². The smallest absolute Gasteiger partial charge is 0.267 e. The van der Waals surface area contributed by atoms with Gasteiger partial charge in [-0.3, -0.25) is 14.9 Å². The van der Waals surface area contributed by atoms with Crippen LogP contribution in [-0.4, -0.2) is 47.8 Å². The summed E-state index contributed by atoms with van der Waals surface area (Å²) in [5.41, 5.74) is 1.98. The highest BCUT2D eigenvalue weighted by molar-refractivity contribution is 7.89. The number of nitro groups is 1. The number of aromatic nitrogens is 1. The van der Waals surface area contributed by atoms with Crippen LogP contribution < -0.4 is 5.01 Å². The molecular formula is C25H23N5O5S3. The van der Waals surface area contributed by atoms with Gasteiger partial charge in [-0.1, -0.05) is 35.2 Å². The summed E-state index contributed by atoms with van der Waals surface area (Å²) in [4.78, 5) is 29.4. The molecule has 1 amide bonds. The molecule has 5 rings (SSSR count). The molecule has 0 atom stereocenters. The number of carbonyl (C=O) groups excluding carboxylic acids is 1. The summed E-state index contributed by atoms with van der Waals surface area (Å²) in [7, 11) is -3.63. The van der Waals surface area contributed by atoms with E-state index in [1.54, 1.807) is 6.07 Å². The predicted molar refractivity (Wildman–Crippen MR) is 149 cm³/mol. The zero-order valence-electron chi connectivity index (χ0n) is 20.3. The van der Waals surface area contributed by atoms with E-state index in [-0.39, 0.29) is 15.5 Å². The van der Waals surface area contributed by atoms with E-state index in [1.807, 2.05) is 25.1 Å². The van der Waals surface area contributed by atoms with Gasteiger partial charge in [-0.25, -0.2) is 13.4 Å². The Morgan fingerprint density at radius 2 is 1.82 bits per heavy atom. The van der Waals surface area contributed by atoms with Gasteiger partial charge in [0.1, 0.15) is 0 Å². The maximum Gasteiger partial charge on any atom is 0.324 e. The molecule has 13 heteroatoms. The number of piperidine rings is 1. The van der Waals surface area contributed by atoms with Gasteiger partial charge in [-0.15, -0.1) is 0 Å². The summed E-state index contributed by atoms with van der Waals surface area (Å²) in [5, 5.41) is 16.8. The van der Waals surface area contributed by atoms with E-state index in [0.29, 0.717) is 28.6 Å². The molecule has 1 saturated heterocycles. The van der Waals surface area contributed by atoms with E-state index in [0.717, 1.165) is 45.9 Å². The zero-order valence-corrected chi connectivity index (χ0v) is 22.8. The summed E-state index contributed by atoms with van der Waals surface area (Å²) in [6, 6.07) is 14.5. The molecule has 196 valence electrons. The number of thiazole rings is 1. The minimum absolute atomic E-state index is 0.0368. The van der Waals surface area contributed by atoms with Crippen LogP contribution in [0, 0.1) is 17.0 Å². The SMILES string of the molecule is Cc1ccc2nc(N(/N=C/c3ccc([N+](=O)[O-])s3)C(=O)c3ccc(S(=O)(=O)N4CCCCC4)cc3)sc2c1. The second-order valence-corrected chi connectivity index (χ2v) is 12.8. The molecule has 2 aromatic carbocycles. The first-order valence-corrected chi connectivity index (χ1v) is 14.9. The molecular weight excluding hydrogens is 547 g/mol. The molecule has 0 unspecified atom stereocenters. The van der Waals surface area contributed by atoms with Crippen molar-refractivity contribution < 1.29 is 18.1 Å². The van der Waals surface area contributed by atoms with Crippen molar-refractivity contribution in [2.24, 2.45) is 5.10 Å². The first kappa shape index (κ1) is 26.1. The first-order chi connectivity index (χ1) is 18.2. The van der Waals surface area contributed by atoms with Gasteiger partial charge in [0.2, 0.25) is 15.2 Å². The van der Waals surface area contributed by atoms with Gasteiger partial charge in [0.25, 0.3) is 5.91 Å². The lowest BCUT2D eigenvalue weighted by atomic mass is 10.2. The van der Waals surface area contributed by atoms with Crippen molar-refractivity contribution in [1.82, 2.24) is 9.29 Å². The van der Waals surface area contributed by atoms with Crippen LogP contribution in [0.4, 0.5) is 10.1 Å². The van der Waals surface area contributed by atoms with Crippen LogP contribution in [-0.2, 0) is 10.0 Å². The Labute approximate surface area is 227 Å². The molecule has 1 aliphatic rings. The highest BCUT2D eigenvalue weighted by Crippen LogP contribution is 2.31. The van der Waals surface area contributed by atoms with Gasteiger partial charge in [0.15, 0.2) is 0 Å². The molecule has 38 heavy (non-hydrogen) atoms. The number of sulfonamides is 1. The summed E-state index contributed by atoms with van der Waals surface area (Å²) >= 11 is 2.22. The monoisotopic (exact) mass is 569 g/mol. The van der Waals surface area contributed by atoms with Gasteiger partial charge in [0.05, 0.1) is 31.1 Å². The van der Waals surface area contributed by atoms with Crippen LogP contribution in [0.2, 0.25) is 0 Å². The summed E-state index contributed by atoms with van der Waals surface area (Å²) in [6.07, 6.45) is 4.05. The molecule has 10 nitrogen and oxygen atoms in total. The Kier molecular flexibility index (Phi) is 7.34. The molecule has 1 aliphatic heterocycles. The number of rotatable bonds is 7. The second-order valence-electron chi connectivity index (χ2n) is 8.75. The molecule has 3 heterocycles. The minimum Gasteiger partial charge on any atom is -0.267 e. The number of anilines is 1. The van der Waals surface area contributed by atoms with Crippen LogP contribution >= 0.6 is 22.7 Å². The van der Waals surface area contributed by atoms with Crippen molar-refractivity contribution in [2.45, 2.75) is 31.1 Å². The molecule has 0 N–H and O–H groups in total. The molecule has 0 saturated carbocycles. The van der Waals surface area contributed by atoms with Crippen LogP contribution in [0.3, 0.4) is 0 Å². The number of nitrogens with zero attached hydrogens (tertiary/aromatic N) is 5. The number of fused-ring (bicyclic) bond motifs is 1. The maximum atomic E-state index is 13.6. The molecule has 0 radical (unpaired) electrons. The molecule has 2 aromatic heterocycles. The van der Waals surface area contributed by atoms with Crippen molar-refractivity contribution in [3.63, 3.8) is 0 Å². The van der Waals surface area contributed by atoms with Crippen LogP contribution in [0.1, 0.15) is 40.1 Å². The minimum atomic E-state index is -3.63. The maximum absolute atomic E-state index is 13.6. The standard InChI is InChI=1S/C25H23N5O5S3/c1-17-5-11-21-22(15-17)37-25(27-21)29(26-16-19-8-12-23(36-19)30(32)33)24(31)18-6-9-20(10-7-18)38(34,35)28-13-3-2-4-14-28/h5-12,15-16H,2-4,13-14H2,1H3/b26-16+. The number of hydrazone groups is 1. The highest BCUT2D eigenvalue weighted by atomic mass is 32.2. The Morgan fingerprint density at radius 3 is 2.50 bits per heavy atom. The molecule has 4 aromatic rings. The number of benzene rings is 2. The molecule has 0 spiro atoms. The van der Waals surface area contributed by atoms with Gasteiger partial charge in [0, 0.05) is 24.7 Å². The fourth-order valence-electron chi connectivity index (χ4n) is 4.07. The lowest BCUT2D eigenvalue weighted by Gasteiger charge is -2.25. The van der Waals surface area contributed by atoms with E-state index in [4.69, 9.17) is 0 Å². The lowest BCUT2D eigenvalue weighted by Crippen LogP contribution is -2.35. The van der Waals surface area contributed by atoms with E-state index < -0.39 is 20.9 Å². The average molecular weight is 570 g/mol. The van der Waals surface area contributed by atoms with Crippen LogP contribution in [0.15, 0.2) is 64.6 Å². The Bertz CT molecular complexity index is 1640. The van der Waals surface area contributed by atoms with Crippen LogP contribution in [0.25, 0.3) is 10.2 Å². The third kappa shape index (κ3) is 5.36. The normalized spacial score (nSPS) is 14.8. The predicted octanol–water partition coefficient (Wildman–Crippen LogP) is 5.43. The molecule has 1 fully saturated rings. The largest absolute Gasteiger partial charge is 0.324 e. The van der Waals surface area contributed by atoms with Crippen molar-refractivity contribution in [1.29, 1.82) is 0 Å². The number of amides is 1. The van der Waals surface area contributed by atoms with Gasteiger partial charge in [-0.05, 0) is 67.8 Å². The lowest BCUT2D eigenvalue weighted by molar-refractivity contribution is -0.380. The fourth-order valence-corrected chi connectivity index (χ4v) is 7.29. The highest BCUT2D eigenvalue weighted by Gasteiger charge is 2.27. The first-order valence-electron chi connectivity index (χ1n) is 11.8. The molecule has 0 bridgehead atoms. The number of hydrogen-bond donors (Lipinski definition) is 0. The van der Waals surface area contributed by atoms with E-state index in [1.165, 1.54) is 52.2 Å². The third-order valence-electron chi connectivity index (χ3n) is 6.05. The number of thiophene rings is 1. The van der Waals surface area contributed by atoms with E-state index in [2.05, 4.69) is 10.1 Å². The van der Waals surface area contributed by atoms with Crippen molar-refractivity contribution in [3.05, 3.63) is 80.7 Å². The van der Waals surface area contributed by atoms with Crippen molar-refractivity contribution in [2.75, 3.05) is 18.1 Å². The summed E-state index contributed by atoms with van der Waals surface area (Å²) in [6.45, 7) is 2.94. The zero-order chi connectivity index (χ0) is 26.9. The van der Waals surface area contributed by atoms with Gasteiger partial charge in [-0.2, -0.15) is 14.4 Å². The van der Waals surface area contributed by atoms with E-state index >= 15 is 0 Å². The summed E-state index contributed by atoms with van der Waals surface area (Å²) < 4.78 is 28.4. The number of carbonyl (C=O) groups is 1. The number of hydrogen-bond acceptors (Lipinski definition) is 9. The quantitative estimate of drug-likeness (QED) is 0.166. The second kappa shape index (κ2) is 10.7. The Balaban J connectivity index is 1.47. The Hall–Kier alpha value is -3.52. The third-order valence-corrected chi connectivity index (χ3v) is 9.93. The number of aryl methyl sites for hydroxylation is 1. The Morgan fingerprint density at radius 1 is 1.08 bits per heavy atom. The summed E-state index contributed by atoms with van der Waals surface area (Å²) in [5.74, 6) is -0.509. The van der Waals surface area contributed by atoms with Gasteiger partial charge < -0.3 is 0 Å². The van der Waals surface area contributed by atoms with Crippen molar-refractivity contribution in [3.8, 4) is 0 Å². The van der Waals surface area contributed by atoms with Crippen LogP contribution in [0.5, 0.6) is 0 Å². The average Bonchev–Trinajstić information content (AvgIpc) is 3.56. The fraction of sp³-hybridized carbons (Fsp3) is 0.240. The topological polar surface area (TPSA) is 126 Å². The van der Waals surface area contributed by atoms with Crippen molar-refractivity contribution >= 4 is 65.2 Å².